The quantitative estimate of drug-likeness (QED) is 0.664. The third-order valence-corrected chi connectivity index (χ3v) is 3.78. The molecule has 17 heavy (non-hydrogen) atoms. The molecule has 0 aromatic carbocycles. The second-order valence-corrected chi connectivity index (χ2v) is 6.74. The van der Waals surface area contributed by atoms with Crippen molar-refractivity contribution in [2.45, 2.75) is 46.3 Å². The van der Waals surface area contributed by atoms with Crippen molar-refractivity contribution in [2.24, 2.45) is 5.92 Å². The molecule has 1 amide bonds. The van der Waals surface area contributed by atoms with Gasteiger partial charge in [0, 0.05) is 12.5 Å². The van der Waals surface area contributed by atoms with Gasteiger partial charge >= 0.3 is 16.4 Å². The molecule has 0 bridgehead atoms. The van der Waals surface area contributed by atoms with E-state index in [-0.39, 0.29) is 12.5 Å². The van der Waals surface area contributed by atoms with E-state index in [1.165, 1.54) is 0 Å². The van der Waals surface area contributed by atoms with Crippen molar-refractivity contribution in [1.29, 1.82) is 0 Å². The highest BCUT2D eigenvalue weighted by Gasteiger charge is 2.40. The van der Waals surface area contributed by atoms with Gasteiger partial charge in [-0.1, -0.05) is 6.92 Å². The molecule has 1 rings (SSSR count). The van der Waals surface area contributed by atoms with Crippen molar-refractivity contribution in [3.05, 3.63) is 0 Å². The SMILES string of the molecule is C[C@H]1CN(C(=O)OC(C)(C)C)S(=O)(=O)O[C@@H]1C. The summed E-state index contributed by atoms with van der Waals surface area (Å²) in [6, 6.07) is 0. The smallest absolute Gasteiger partial charge is 0.425 e. The summed E-state index contributed by atoms with van der Waals surface area (Å²) in [7, 11) is -4.02. The van der Waals surface area contributed by atoms with Crippen LogP contribution in [0.5, 0.6) is 0 Å². The van der Waals surface area contributed by atoms with Crippen molar-refractivity contribution in [3.63, 3.8) is 0 Å². The Labute approximate surface area is 102 Å². The lowest BCUT2D eigenvalue weighted by Gasteiger charge is -2.34. The summed E-state index contributed by atoms with van der Waals surface area (Å²) in [6.07, 6.45) is -1.32. The number of hydrogen-bond donors (Lipinski definition) is 0. The lowest BCUT2D eigenvalue weighted by atomic mass is 10.1. The first-order valence-corrected chi connectivity index (χ1v) is 6.83. The summed E-state index contributed by atoms with van der Waals surface area (Å²) in [5, 5.41) is 0. The summed E-state index contributed by atoms with van der Waals surface area (Å²) in [4.78, 5) is 11.7. The number of rotatable bonds is 0. The van der Waals surface area contributed by atoms with Crippen LogP contribution in [0.1, 0.15) is 34.6 Å². The molecule has 0 radical (unpaired) electrons. The predicted octanol–water partition coefficient (Wildman–Crippen LogP) is 1.52. The fraction of sp³-hybridized carbons (Fsp3) is 0.900. The maximum atomic E-state index is 11.7. The average molecular weight is 265 g/mol. The molecule has 0 spiro atoms. The van der Waals surface area contributed by atoms with Crippen molar-refractivity contribution in [2.75, 3.05) is 6.54 Å². The molecule has 0 N–H and O–H groups in total. The first-order valence-electron chi connectivity index (χ1n) is 5.47. The van der Waals surface area contributed by atoms with Crippen LogP contribution in [0.25, 0.3) is 0 Å². The van der Waals surface area contributed by atoms with Crippen LogP contribution < -0.4 is 0 Å². The molecule has 100 valence electrons. The Bertz CT molecular complexity index is 397. The number of amides is 1. The van der Waals surface area contributed by atoms with Crippen molar-refractivity contribution in [3.8, 4) is 0 Å². The Morgan fingerprint density at radius 1 is 1.35 bits per heavy atom. The van der Waals surface area contributed by atoms with Gasteiger partial charge in [0.15, 0.2) is 0 Å². The van der Waals surface area contributed by atoms with E-state index in [0.717, 1.165) is 0 Å². The summed E-state index contributed by atoms with van der Waals surface area (Å²) in [6.45, 7) is 8.58. The van der Waals surface area contributed by atoms with Crippen LogP contribution in [-0.2, 0) is 19.2 Å². The average Bonchev–Trinajstić information content (AvgIpc) is 2.07. The zero-order valence-electron chi connectivity index (χ0n) is 10.8. The summed E-state index contributed by atoms with van der Waals surface area (Å²) in [5.41, 5.74) is -0.737. The van der Waals surface area contributed by atoms with Gasteiger partial charge in [0.1, 0.15) is 5.60 Å². The molecule has 6 nitrogen and oxygen atoms in total. The van der Waals surface area contributed by atoms with Gasteiger partial charge in [-0.25, -0.2) is 4.79 Å². The first kappa shape index (κ1) is 14.2. The minimum absolute atomic E-state index is 0.0638. The van der Waals surface area contributed by atoms with Crippen molar-refractivity contribution in [1.82, 2.24) is 4.31 Å². The number of carbonyl (C=O) groups is 1. The number of carbonyl (C=O) groups excluding carboxylic acids is 1. The lowest BCUT2D eigenvalue weighted by molar-refractivity contribution is 0.0228. The van der Waals surface area contributed by atoms with Crippen molar-refractivity contribution >= 4 is 16.4 Å². The highest BCUT2D eigenvalue weighted by molar-refractivity contribution is 7.84. The van der Waals surface area contributed by atoms with E-state index >= 15 is 0 Å². The number of ether oxygens (including phenoxy) is 1. The Morgan fingerprint density at radius 2 is 1.88 bits per heavy atom. The van der Waals surface area contributed by atoms with E-state index in [1.807, 2.05) is 6.92 Å². The Morgan fingerprint density at radius 3 is 2.35 bits per heavy atom. The zero-order chi connectivity index (χ0) is 13.4. The van der Waals surface area contributed by atoms with E-state index in [9.17, 15) is 13.2 Å². The molecule has 1 saturated heterocycles. The van der Waals surface area contributed by atoms with Gasteiger partial charge in [0.05, 0.1) is 6.10 Å². The van der Waals surface area contributed by atoms with E-state index in [0.29, 0.717) is 4.31 Å². The third kappa shape index (κ3) is 3.57. The molecule has 0 saturated carbocycles. The normalized spacial score (nSPS) is 28.9. The Hall–Kier alpha value is -0.820. The van der Waals surface area contributed by atoms with Crippen molar-refractivity contribution < 1.29 is 22.1 Å². The van der Waals surface area contributed by atoms with Gasteiger partial charge in [0.2, 0.25) is 0 Å². The molecular formula is C10H19NO5S. The van der Waals surface area contributed by atoms with E-state index in [2.05, 4.69) is 0 Å². The molecular weight excluding hydrogens is 246 g/mol. The topological polar surface area (TPSA) is 72.9 Å². The molecule has 1 fully saturated rings. The molecule has 0 aromatic heterocycles. The van der Waals surface area contributed by atoms with Crippen LogP contribution in [0.4, 0.5) is 4.79 Å². The molecule has 1 heterocycles. The van der Waals surface area contributed by atoms with Crippen LogP contribution >= 0.6 is 0 Å². The summed E-state index contributed by atoms with van der Waals surface area (Å²) in [5.74, 6) is -0.0638. The first-order chi connectivity index (χ1) is 7.53. The predicted molar refractivity (Wildman–Crippen MR) is 61.6 cm³/mol. The van der Waals surface area contributed by atoms with Gasteiger partial charge in [-0.3, -0.25) is 4.18 Å². The fourth-order valence-electron chi connectivity index (χ4n) is 1.32. The highest BCUT2D eigenvalue weighted by atomic mass is 32.2. The fourth-order valence-corrected chi connectivity index (χ4v) is 2.63. The monoisotopic (exact) mass is 265 g/mol. The van der Waals surface area contributed by atoms with Crippen LogP contribution in [0.2, 0.25) is 0 Å². The maximum absolute atomic E-state index is 11.7. The van der Waals surface area contributed by atoms with E-state index in [4.69, 9.17) is 8.92 Å². The van der Waals surface area contributed by atoms with Crippen LogP contribution in [0.15, 0.2) is 0 Å². The third-order valence-electron chi connectivity index (χ3n) is 2.40. The Kier molecular flexibility index (Phi) is 3.73. The standard InChI is InChI=1S/C10H19NO5S/c1-7-6-11(9(12)15-10(3,4)5)17(13,14)16-8(7)2/h7-8H,6H2,1-5H3/t7-,8+/m0/s1. The second-order valence-electron chi connectivity index (χ2n) is 5.25. The van der Waals surface area contributed by atoms with E-state index in [1.54, 1.807) is 27.7 Å². The zero-order valence-corrected chi connectivity index (χ0v) is 11.6. The van der Waals surface area contributed by atoms with Crippen LogP contribution in [-0.4, -0.2) is 37.1 Å². The minimum atomic E-state index is -4.02. The molecule has 7 heteroatoms. The summed E-state index contributed by atoms with van der Waals surface area (Å²) >= 11 is 0. The van der Waals surface area contributed by atoms with Gasteiger partial charge in [-0.2, -0.15) is 12.7 Å². The van der Waals surface area contributed by atoms with E-state index < -0.39 is 28.1 Å². The molecule has 2 atom stereocenters. The minimum Gasteiger partial charge on any atom is -0.443 e. The molecule has 1 aliphatic heterocycles. The number of nitrogens with zero attached hydrogens (tertiary/aromatic N) is 1. The second kappa shape index (κ2) is 4.45. The largest absolute Gasteiger partial charge is 0.443 e. The molecule has 0 aliphatic carbocycles. The maximum Gasteiger partial charge on any atom is 0.425 e. The van der Waals surface area contributed by atoms with Crippen LogP contribution in [0.3, 0.4) is 0 Å². The van der Waals surface area contributed by atoms with Gasteiger partial charge in [-0.15, -0.1) is 0 Å². The Balaban J connectivity index is 2.86. The molecule has 1 aliphatic rings. The van der Waals surface area contributed by atoms with Gasteiger partial charge < -0.3 is 4.74 Å². The molecule has 0 unspecified atom stereocenters. The highest BCUT2D eigenvalue weighted by Crippen LogP contribution is 2.24. The lowest BCUT2D eigenvalue weighted by Crippen LogP contribution is -2.50. The number of hydrogen-bond acceptors (Lipinski definition) is 5. The molecule has 0 aromatic rings. The van der Waals surface area contributed by atoms with Crippen LogP contribution in [0, 0.1) is 5.92 Å². The summed E-state index contributed by atoms with van der Waals surface area (Å²) < 4.78 is 33.8. The van der Waals surface area contributed by atoms with Gasteiger partial charge in [-0.05, 0) is 27.7 Å². The van der Waals surface area contributed by atoms with Gasteiger partial charge in [0.25, 0.3) is 0 Å².